The number of aliphatic hydroxyl groups excluding tert-OH is 1. The highest BCUT2D eigenvalue weighted by atomic mass is 79.9. The van der Waals surface area contributed by atoms with Crippen molar-refractivity contribution in [2.24, 2.45) is 0 Å². The quantitative estimate of drug-likeness (QED) is 0.819. The topological polar surface area (TPSA) is 67.8 Å². The standard InChI is InChI=1S/C11H14BrNO4/c1-8(14)5-6-16-11(15)13-17-10-4-2-3-9(12)7-10/h2-4,7-8,14H,5-6H2,1H3,(H,13,15). The summed E-state index contributed by atoms with van der Waals surface area (Å²) in [6, 6.07) is 7.02. The molecule has 0 bridgehead atoms. The summed E-state index contributed by atoms with van der Waals surface area (Å²) in [5, 5.41) is 8.96. The van der Waals surface area contributed by atoms with Gasteiger partial charge in [-0.25, -0.2) is 4.79 Å². The van der Waals surface area contributed by atoms with E-state index >= 15 is 0 Å². The molecular formula is C11H14BrNO4. The van der Waals surface area contributed by atoms with Gasteiger partial charge in [0.15, 0.2) is 5.75 Å². The summed E-state index contributed by atoms with van der Waals surface area (Å²) in [7, 11) is 0. The largest absolute Gasteiger partial charge is 0.447 e. The highest BCUT2D eigenvalue weighted by Crippen LogP contribution is 2.16. The molecule has 94 valence electrons. The summed E-state index contributed by atoms with van der Waals surface area (Å²) in [6.07, 6.45) is -0.788. The lowest BCUT2D eigenvalue weighted by atomic mass is 10.3. The Labute approximate surface area is 108 Å². The van der Waals surface area contributed by atoms with Crippen molar-refractivity contribution < 1.29 is 19.5 Å². The third-order valence-electron chi connectivity index (χ3n) is 1.82. The van der Waals surface area contributed by atoms with Crippen LogP contribution in [0.25, 0.3) is 0 Å². The van der Waals surface area contributed by atoms with Gasteiger partial charge in [-0.1, -0.05) is 22.0 Å². The fraction of sp³-hybridized carbons (Fsp3) is 0.364. The van der Waals surface area contributed by atoms with Crippen LogP contribution < -0.4 is 10.3 Å². The first-order valence-corrected chi connectivity index (χ1v) is 5.90. The van der Waals surface area contributed by atoms with Crippen LogP contribution >= 0.6 is 15.9 Å². The SMILES string of the molecule is CC(O)CCOC(=O)NOc1cccc(Br)c1. The molecule has 17 heavy (non-hydrogen) atoms. The van der Waals surface area contributed by atoms with E-state index in [1.165, 1.54) is 0 Å². The number of ether oxygens (including phenoxy) is 1. The molecule has 0 heterocycles. The zero-order chi connectivity index (χ0) is 12.7. The van der Waals surface area contributed by atoms with E-state index in [0.29, 0.717) is 12.2 Å². The molecule has 0 saturated carbocycles. The second-order valence-corrected chi connectivity index (χ2v) is 4.35. The highest BCUT2D eigenvalue weighted by molar-refractivity contribution is 9.10. The normalized spacial score (nSPS) is 11.7. The van der Waals surface area contributed by atoms with Crippen LogP contribution in [0.15, 0.2) is 28.7 Å². The van der Waals surface area contributed by atoms with Crippen molar-refractivity contribution in [2.45, 2.75) is 19.4 Å². The molecular weight excluding hydrogens is 290 g/mol. The lowest BCUT2D eigenvalue weighted by Gasteiger charge is -2.08. The van der Waals surface area contributed by atoms with Crippen LogP contribution in [0.4, 0.5) is 4.79 Å². The molecule has 1 amide bonds. The number of rotatable bonds is 5. The van der Waals surface area contributed by atoms with Crippen LogP contribution in [-0.2, 0) is 4.74 Å². The van der Waals surface area contributed by atoms with Gasteiger partial charge >= 0.3 is 6.09 Å². The molecule has 1 atom stereocenters. The van der Waals surface area contributed by atoms with E-state index in [1.54, 1.807) is 25.1 Å². The van der Waals surface area contributed by atoms with Crippen LogP contribution in [-0.4, -0.2) is 23.9 Å². The van der Waals surface area contributed by atoms with Gasteiger partial charge in [-0.05, 0) is 25.1 Å². The van der Waals surface area contributed by atoms with Crippen LogP contribution in [0.2, 0.25) is 0 Å². The van der Waals surface area contributed by atoms with E-state index in [1.807, 2.05) is 6.07 Å². The lowest BCUT2D eigenvalue weighted by Crippen LogP contribution is -2.28. The van der Waals surface area contributed by atoms with Gasteiger partial charge in [-0.3, -0.25) is 0 Å². The van der Waals surface area contributed by atoms with Crippen molar-refractivity contribution in [3.63, 3.8) is 0 Å². The molecule has 0 saturated heterocycles. The van der Waals surface area contributed by atoms with Crippen molar-refractivity contribution in [3.8, 4) is 5.75 Å². The molecule has 0 aromatic heterocycles. The van der Waals surface area contributed by atoms with E-state index < -0.39 is 12.2 Å². The first kappa shape index (κ1) is 13.8. The monoisotopic (exact) mass is 303 g/mol. The molecule has 6 heteroatoms. The van der Waals surface area contributed by atoms with E-state index in [-0.39, 0.29) is 6.61 Å². The summed E-state index contributed by atoms with van der Waals surface area (Å²) < 4.78 is 5.60. The number of hydrogen-bond donors (Lipinski definition) is 2. The van der Waals surface area contributed by atoms with Gasteiger partial charge in [-0.2, -0.15) is 5.48 Å². The molecule has 1 aromatic rings. The fourth-order valence-electron chi connectivity index (χ4n) is 0.983. The number of aliphatic hydroxyl groups is 1. The number of amides is 1. The number of hydrogen-bond acceptors (Lipinski definition) is 4. The molecule has 0 aliphatic heterocycles. The summed E-state index contributed by atoms with van der Waals surface area (Å²) >= 11 is 3.28. The molecule has 0 spiro atoms. The highest BCUT2D eigenvalue weighted by Gasteiger charge is 2.04. The first-order chi connectivity index (χ1) is 8.08. The Morgan fingerprint density at radius 3 is 3.00 bits per heavy atom. The summed E-state index contributed by atoms with van der Waals surface area (Å²) in [4.78, 5) is 16.1. The van der Waals surface area contributed by atoms with Gasteiger partial charge < -0.3 is 14.7 Å². The Balaban J connectivity index is 2.24. The van der Waals surface area contributed by atoms with Crippen LogP contribution in [0.3, 0.4) is 0 Å². The zero-order valence-corrected chi connectivity index (χ0v) is 10.9. The summed E-state index contributed by atoms with van der Waals surface area (Å²) in [6.45, 7) is 1.77. The first-order valence-electron chi connectivity index (χ1n) is 5.11. The average Bonchev–Trinajstić information content (AvgIpc) is 2.26. The predicted molar refractivity (Wildman–Crippen MR) is 65.6 cm³/mol. The Morgan fingerprint density at radius 1 is 1.59 bits per heavy atom. The van der Waals surface area contributed by atoms with Crippen LogP contribution in [0.1, 0.15) is 13.3 Å². The van der Waals surface area contributed by atoms with Crippen LogP contribution in [0, 0.1) is 0 Å². The Hall–Kier alpha value is -1.27. The van der Waals surface area contributed by atoms with Crippen molar-refractivity contribution in [2.75, 3.05) is 6.61 Å². The van der Waals surface area contributed by atoms with Crippen molar-refractivity contribution in [1.29, 1.82) is 0 Å². The number of nitrogens with one attached hydrogen (secondary N) is 1. The minimum Gasteiger partial charge on any atom is -0.447 e. The molecule has 1 aromatic carbocycles. The Kier molecular flexibility index (Phi) is 5.79. The number of carbonyl (C=O) groups excluding carboxylic acids is 1. The maximum absolute atomic E-state index is 11.1. The molecule has 0 fully saturated rings. The zero-order valence-electron chi connectivity index (χ0n) is 9.35. The fourth-order valence-corrected chi connectivity index (χ4v) is 1.36. The van der Waals surface area contributed by atoms with E-state index in [0.717, 1.165) is 4.47 Å². The molecule has 1 unspecified atom stereocenters. The number of benzene rings is 1. The Morgan fingerprint density at radius 2 is 2.35 bits per heavy atom. The average molecular weight is 304 g/mol. The number of hydroxylamine groups is 1. The van der Waals surface area contributed by atoms with Gasteiger partial charge in [0.25, 0.3) is 0 Å². The minimum atomic E-state index is -0.689. The van der Waals surface area contributed by atoms with E-state index in [2.05, 4.69) is 21.4 Å². The number of carbonyl (C=O) groups is 1. The second-order valence-electron chi connectivity index (χ2n) is 3.44. The van der Waals surface area contributed by atoms with E-state index in [9.17, 15) is 4.79 Å². The Bertz CT molecular complexity index is 370. The number of halogens is 1. The minimum absolute atomic E-state index is 0.144. The summed E-state index contributed by atoms with van der Waals surface area (Å²) in [5.41, 5.74) is 2.14. The van der Waals surface area contributed by atoms with Gasteiger partial charge in [0.2, 0.25) is 0 Å². The van der Waals surface area contributed by atoms with Gasteiger partial charge in [0, 0.05) is 10.9 Å². The molecule has 2 N–H and O–H groups in total. The molecule has 1 rings (SSSR count). The van der Waals surface area contributed by atoms with Gasteiger partial charge in [0.1, 0.15) is 0 Å². The smallest absolute Gasteiger partial charge is 0.440 e. The maximum Gasteiger partial charge on any atom is 0.440 e. The molecule has 5 nitrogen and oxygen atoms in total. The van der Waals surface area contributed by atoms with Crippen LogP contribution in [0.5, 0.6) is 5.75 Å². The predicted octanol–water partition coefficient (Wildman–Crippen LogP) is 2.24. The lowest BCUT2D eigenvalue weighted by molar-refractivity contribution is 0.0836. The third-order valence-corrected chi connectivity index (χ3v) is 2.31. The molecule has 0 aliphatic carbocycles. The van der Waals surface area contributed by atoms with Gasteiger partial charge in [0.05, 0.1) is 12.7 Å². The summed E-state index contributed by atoms with van der Waals surface area (Å²) in [5.74, 6) is 0.492. The third kappa shape index (κ3) is 6.13. The van der Waals surface area contributed by atoms with E-state index in [4.69, 9.17) is 14.7 Å². The van der Waals surface area contributed by atoms with Gasteiger partial charge in [-0.15, -0.1) is 0 Å². The van der Waals surface area contributed by atoms with Crippen molar-refractivity contribution >= 4 is 22.0 Å². The molecule has 0 radical (unpaired) electrons. The second kappa shape index (κ2) is 7.13. The van der Waals surface area contributed by atoms with Crippen molar-refractivity contribution in [1.82, 2.24) is 5.48 Å². The molecule has 0 aliphatic rings. The maximum atomic E-state index is 11.1. The van der Waals surface area contributed by atoms with Crippen molar-refractivity contribution in [3.05, 3.63) is 28.7 Å².